The van der Waals surface area contributed by atoms with Crippen LogP contribution in [0, 0.1) is 12.7 Å². The Morgan fingerprint density at radius 2 is 2.00 bits per heavy atom. The quantitative estimate of drug-likeness (QED) is 0.742. The molecular formula is C15H24FNO. The van der Waals surface area contributed by atoms with Crippen LogP contribution in [0.3, 0.4) is 0 Å². The first kappa shape index (κ1) is 15.0. The number of benzene rings is 1. The molecule has 1 aromatic rings. The normalized spacial score (nSPS) is 12.5. The summed E-state index contributed by atoms with van der Waals surface area (Å²) < 4.78 is 19.2. The van der Waals surface area contributed by atoms with E-state index in [1.165, 1.54) is 25.3 Å². The highest BCUT2D eigenvalue weighted by Crippen LogP contribution is 2.27. The van der Waals surface area contributed by atoms with E-state index in [2.05, 4.69) is 6.92 Å². The Hall–Kier alpha value is -1.09. The number of unbranched alkanes of at least 4 members (excludes halogenated alkanes) is 3. The Bertz CT molecular complexity index is 377. The van der Waals surface area contributed by atoms with Crippen molar-refractivity contribution < 1.29 is 9.13 Å². The highest BCUT2D eigenvalue weighted by Gasteiger charge is 2.11. The molecule has 0 saturated heterocycles. The molecular weight excluding hydrogens is 229 g/mol. The fourth-order valence-electron chi connectivity index (χ4n) is 1.86. The minimum Gasteiger partial charge on any atom is -0.493 e. The van der Waals surface area contributed by atoms with Gasteiger partial charge in [0, 0.05) is 11.6 Å². The van der Waals surface area contributed by atoms with E-state index in [1.54, 1.807) is 13.0 Å². The van der Waals surface area contributed by atoms with Crippen LogP contribution >= 0.6 is 0 Å². The summed E-state index contributed by atoms with van der Waals surface area (Å²) >= 11 is 0. The van der Waals surface area contributed by atoms with Crippen LogP contribution in [-0.4, -0.2) is 6.61 Å². The minimum atomic E-state index is -0.222. The largest absolute Gasteiger partial charge is 0.493 e. The Balaban J connectivity index is 2.65. The molecule has 0 heterocycles. The number of nitrogens with two attached hydrogens (primary N) is 1. The molecule has 3 heteroatoms. The van der Waals surface area contributed by atoms with E-state index in [4.69, 9.17) is 10.5 Å². The van der Waals surface area contributed by atoms with Crippen LogP contribution in [0.1, 0.15) is 56.7 Å². The van der Waals surface area contributed by atoms with Gasteiger partial charge in [0.05, 0.1) is 6.61 Å². The maximum absolute atomic E-state index is 13.5. The summed E-state index contributed by atoms with van der Waals surface area (Å²) in [5, 5.41) is 0. The maximum atomic E-state index is 13.5. The number of aryl methyl sites for hydroxylation is 1. The van der Waals surface area contributed by atoms with Crippen molar-refractivity contribution in [1.29, 1.82) is 0 Å². The molecule has 0 aliphatic heterocycles. The summed E-state index contributed by atoms with van der Waals surface area (Å²) in [4.78, 5) is 0. The van der Waals surface area contributed by atoms with Crippen LogP contribution in [0.15, 0.2) is 12.1 Å². The first-order valence-electron chi connectivity index (χ1n) is 6.74. The zero-order valence-electron chi connectivity index (χ0n) is 11.6. The van der Waals surface area contributed by atoms with Gasteiger partial charge in [-0.3, -0.25) is 0 Å². The van der Waals surface area contributed by atoms with Gasteiger partial charge < -0.3 is 10.5 Å². The average molecular weight is 253 g/mol. The Kier molecular flexibility index (Phi) is 6.13. The summed E-state index contributed by atoms with van der Waals surface area (Å²) in [6.45, 7) is 6.43. The molecule has 1 rings (SSSR count). The van der Waals surface area contributed by atoms with Crippen molar-refractivity contribution in [3.05, 3.63) is 29.1 Å². The van der Waals surface area contributed by atoms with E-state index in [1.807, 2.05) is 6.92 Å². The SMILES string of the molecule is CCCCCCOc1cc(C)c(F)cc1[C@H](C)N. The molecule has 0 aromatic heterocycles. The summed E-state index contributed by atoms with van der Waals surface area (Å²) in [5.74, 6) is 0.501. The predicted molar refractivity (Wildman–Crippen MR) is 73.4 cm³/mol. The van der Waals surface area contributed by atoms with E-state index < -0.39 is 0 Å². The third-order valence-electron chi connectivity index (χ3n) is 3.04. The molecule has 0 spiro atoms. The second-order valence-electron chi connectivity index (χ2n) is 4.84. The third kappa shape index (κ3) is 4.30. The van der Waals surface area contributed by atoms with Gasteiger partial charge in [-0.05, 0) is 38.0 Å². The third-order valence-corrected chi connectivity index (χ3v) is 3.04. The van der Waals surface area contributed by atoms with Gasteiger partial charge in [-0.2, -0.15) is 0 Å². The highest BCUT2D eigenvalue weighted by atomic mass is 19.1. The number of hydrogen-bond acceptors (Lipinski definition) is 2. The first-order chi connectivity index (χ1) is 8.56. The van der Waals surface area contributed by atoms with Crippen molar-refractivity contribution in [2.75, 3.05) is 6.61 Å². The van der Waals surface area contributed by atoms with E-state index in [0.29, 0.717) is 12.2 Å². The molecule has 2 N–H and O–H groups in total. The molecule has 0 unspecified atom stereocenters. The standard InChI is InChI=1S/C15H24FNO/c1-4-5-6-7-8-18-15-9-11(2)14(16)10-13(15)12(3)17/h9-10,12H,4-8,17H2,1-3H3/t12-/m0/s1. The van der Waals surface area contributed by atoms with Gasteiger partial charge in [0.2, 0.25) is 0 Å². The van der Waals surface area contributed by atoms with Crippen molar-refractivity contribution in [3.63, 3.8) is 0 Å². The number of halogens is 1. The first-order valence-corrected chi connectivity index (χ1v) is 6.74. The van der Waals surface area contributed by atoms with Crippen LogP contribution in [0.4, 0.5) is 4.39 Å². The van der Waals surface area contributed by atoms with Crippen LogP contribution in [0.25, 0.3) is 0 Å². The fraction of sp³-hybridized carbons (Fsp3) is 0.600. The molecule has 0 bridgehead atoms. The van der Waals surface area contributed by atoms with Crippen molar-refractivity contribution in [3.8, 4) is 5.75 Å². The maximum Gasteiger partial charge on any atom is 0.126 e. The monoisotopic (exact) mass is 253 g/mol. The van der Waals surface area contributed by atoms with Gasteiger partial charge >= 0.3 is 0 Å². The minimum absolute atomic E-state index is 0.217. The van der Waals surface area contributed by atoms with Crippen LogP contribution in [0.2, 0.25) is 0 Å². The van der Waals surface area contributed by atoms with Crippen molar-refractivity contribution in [2.24, 2.45) is 5.73 Å². The van der Waals surface area contributed by atoms with E-state index in [9.17, 15) is 4.39 Å². The molecule has 1 atom stereocenters. The molecule has 0 fully saturated rings. The number of hydrogen-bond donors (Lipinski definition) is 1. The van der Waals surface area contributed by atoms with Gasteiger partial charge in [-0.25, -0.2) is 4.39 Å². The zero-order valence-corrected chi connectivity index (χ0v) is 11.6. The molecule has 0 amide bonds. The zero-order chi connectivity index (χ0) is 13.5. The van der Waals surface area contributed by atoms with Gasteiger partial charge in [0.25, 0.3) is 0 Å². The summed E-state index contributed by atoms with van der Waals surface area (Å²) in [6.07, 6.45) is 4.64. The van der Waals surface area contributed by atoms with E-state index >= 15 is 0 Å². The average Bonchev–Trinajstić information content (AvgIpc) is 2.32. The van der Waals surface area contributed by atoms with Gasteiger partial charge in [-0.15, -0.1) is 0 Å². The number of ether oxygens (including phenoxy) is 1. The smallest absolute Gasteiger partial charge is 0.126 e. The van der Waals surface area contributed by atoms with Gasteiger partial charge in [0.1, 0.15) is 11.6 Å². The second-order valence-corrected chi connectivity index (χ2v) is 4.84. The fourth-order valence-corrected chi connectivity index (χ4v) is 1.86. The lowest BCUT2D eigenvalue weighted by molar-refractivity contribution is 0.300. The lowest BCUT2D eigenvalue weighted by atomic mass is 10.1. The molecule has 2 nitrogen and oxygen atoms in total. The molecule has 18 heavy (non-hydrogen) atoms. The molecule has 102 valence electrons. The van der Waals surface area contributed by atoms with Crippen molar-refractivity contribution in [2.45, 2.75) is 52.5 Å². The van der Waals surface area contributed by atoms with E-state index in [-0.39, 0.29) is 11.9 Å². The number of rotatable bonds is 7. The molecule has 0 radical (unpaired) electrons. The van der Waals surface area contributed by atoms with Crippen LogP contribution in [0.5, 0.6) is 5.75 Å². The molecule has 1 aromatic carbocycles. The molecule has 0 aliphatic rings. The van der Waals surface area contributed by atoms with Crippen LogP contribution < -0.4 is 10.5 Å². The lowest BCUT2D eigenvalue weighted by Gasteiger charge is -2.15. The Labute approximate surface area is 109 Å². The Morgan fingerprint density at radius 1 is 1.28 bits per heavy atom. The van der Waals surface area contributed by atoms with Crippen molar-refractivity contribution >= 4 is 0 Å². The van der Waals surface area contributed by atoms with Crippen LogP contribution in [-0.2, 0) is 0 Å². The Morgan fingerprint density at radius 3 is 2.61 bits per heavy atom. The summed E-state index contributed by atoms with van der Waals surface area (Å²) in [5.41, 5.74) is 7.18. The topological polar surface area (TPSA) is 35.2 Å². The van der Waals surface area contributed by atoms with E-state index in [0.717, 1.165) is 17.7 Å². The summed E-state index contributed by atoms with van der Waals surface area (Å²) in [7, 11) is 0. The van der Waals surface area contributed by atoms with Gasteiger partial charge in [0.15, 0.2) is 0 Å². The predicted octanol–water partition coefficient (Wildman–Crippen LogP) is 4.11. The van der Waals surface area contributed by atoms with Gasteiger partial charge in [-0.1, -0.05) is 26.2 Å². The highest BCUT2D eigenvalue weighted by molar-refractivity contribution is 5.39. The lowest BCUT2D eigenvalue weighted by Crippen LogP contribution is -2.10. The molecule has 0 aliphatic carbocycles. The van der Waals surface area contributed by atoms with Crippen molar-refractivity contribution in [1.82, 2.24) is 0 Å². The second kappa shape index (κ2) is 7.37. The molecule has 0 saturated carbocycles. The summed E-state index contributed by atoms with van der Waals surface area (Å²) in [6, 6.07) is 3.01.